The number of rotatable bonds is 3. The lowest BCUT2D eigenvalue weighted by Crippen LogP contribution is -2.06. The molecule has 0 fully saturated rings. The number of fused-ring (bicyclic) bond motifs is 1. The average molecular weight is 228 g/mol. The van der Waals surface area contributed by atoms with Gasteiger partial charge in [0, 0.05) is 17.4 Å². The molecule has 1 heterocycles. The van der Waals surface area contributed by atoms with Crippen LogP contribution in [0.4, 0.5) is 0 Å². The normalized spacial score (nSPS) is 12.0. The minimum atomic E-state index is 0.702. The number of aryl methyl sites for hydroxylation is 1. The van der Waals surface area contributed by atoms with Gasteiger partial charge in [0.2, 0.25) is 0 Å². The minimum absolute atomic E-state index is 0.702. The van der Waals surface area contributed by atoms with Gasteiger partial charge < -0.3 is 9.77 Å². The molecule has 2 rings (SSSR count). The summed E-state index contributed by atoms with van der Waals surface area (Å²) >= 11 is 0. The molecule has 0 radical (unpaired) electrons. The lowest BCUT2D eigenvalue weighted by molar-refractivity contribution is -0.417. The maximum absolute atomic E-state index is 11.2. The molecule has 0 N–H and O–H groups in total. The molecule has 3 heteroatoms. The molecule has 0 spiro atoms. The van der Waals surface area contributed by atoms with Crippen molar-refractivity contribution in [1.29, 1.82) is 0 Å². The van der Waals surface area contributed by atoms with Gasteiger partial charge in [-0.1, -0.05) is 24.3 Å². The summed E-state index contributed by atoms with van der Waals surface area (Å²) in [6.45, 7) is 6.51. The second kappa shape index (κ2) is 4.45. The summed E-state index contributed by atoms with van der Waals surface area (Å²) in [5.74, 6) is 0. The van der Waals surface area contributed by atoms with Crippen LogP contribution in [0.5, 0.6) is 0 Å². The Morgan fingerprint density at radius 1 is 1.41 bits per heavy atom. The highest BCUT2D eigenvalue weighted by Gasteiger charge is 2.13. The molecule has 2 aromatic rings. The molecule has 0 saturated carbocycles. The second-order valence-electron chi connectivity index (χ2n) is 4.10. The number of nitrogens with zero attached hydrogens (tertiary/aromatic N) is 2. The van der Waals surface area contributed by atoms with Crippen LogP contribution >= 0.6 is 0 Å². The summed E-state index contributed by atoms with van der Waals surface area (Å²) in [5, 5.41) is 12.4. The molecule has 0 bridgehead atoms. The van der Waals surface area contributed by atoms with Gasteiger partial charge in [0.1, 0.15) is 12.7 Å². The van der Waals surface area contributed by atoms with E-state index in [2.05, 4.69) is 23.3 Å². The van der Waals surface area contributed by atoms with E-state index in [1.54, 1.807) is 6.21 Å². The van der Waals surface area contributed by atoms with Gasteiger partial charge in [0.25, 0.3) is 0 Å². The average Bonchev–Trinajstić information content (AvgIpc) is 2.55. The van der Waals surface area contributed by atoms with Gasteiger partial charge in [-0.2, -0.15) is 0 Å². The van der Waals surface area contributed by atoms with Crippen molar-refractivity contribution < 1.29 is 4.74 Å². The van der Waals surface area contributed by atoms with E-state index >= 15 is 0 Å². The fourth-order valence-electron chi connectivity index (χ4n) is 2.16. The zero-order chi connectivity index (χ0) is 12.4. The van der Waals surface area contributed by atoms with Gasteiger partial charge in [0.05, 0.1) is 0 Å². The minimum Gasteiger partial charge on any atom is -0.624 e. The third-order valence-electron chi connectivity index (χ3n) is 2.89. The molecule has 0 aliphatic rings. The first-order chi connectivity index (χ1) is 8.15. The number of hydrogen-bond acceptors (Lipinski definition) is 1. The molecule has 0 atom stereocenters. The van der Waals surface area contributed by atoms with Gasteiger partial charge in [0.15, 0.2) is 6.21 Å². The van der Waals surface area contributed by atoms with Crippen LogP contribution in [0.25, 0.3) is 10.9 Å². The molecule has 0 amide bonds. The maximum atomic E-state index is 11.2. The van der Waals surface area contributed by atoms with Gasteiger partial charge >= 0.3 is 0 Å². The number of hydroxylamine groups is 1. The smallest absolute Gasteiger partial charge is 0.198 e. The SMILES string of the molecule is C=CCn1c(/C=[N+](\C)[O-])c(C)c2ccccc21. The van der Waals surface area contributed by atoms with E-state index in [-0.39, 0.29) is 0 Å². The predicted octanol–water partition coefficient (Wildman–Crippen LogP) is 2.69. The molecule has 88 valence electrons. The quantitative estimate of drug-likeness (QED) is 0.261. The van der Waals surface area contributed by atoms with Crippen molar-refractivity contribution in [3.05, 3.63) is 53.4 Å². The Bertz CT molecular complexity index is 590. The van der Waals surface area contributed by atoms with Gasteiger partial charge in [-0.15, -0.1) is 6.58 Å². The molecule has 0 saturated heterocycles. The number of aromatic nitrogens is 1. The van der Waals surface area contributed by atoms with E-state index in [0.29, 0.717) is 6.54 Å². The standard InChI is InChI=1S/C14H16N2O/c1-4-9-16-13-8-6-5-7-12(13)11(2)14(16)10-15(3)17/h4-8,10H,1,9H2,2-3H3/b15-10+. The van der Waals surface area contributed by atoms with Crippen LogP contribution in [0.1, 0.15) is 11.3 Å². The first kappa shape index (κ1) is 11.5. The van der Waals surface area contributed by atoms with Gasteiger partial charge in [-0.25, -0.2) is 4.74 Å². The Kier molecular flexibility index (Phi) is 3.00. The van der Waals surface area contributed by atoms with Crippen molar-refractivity contribution in [2.24, 2.45) is 0 Å². The molecular weight excluding hydrogens is 212 g/mol. The monoisotopic (exact) mass is 228 g/mol. The molecular formula is C14H16N2O. The van der Waals surface area contributed by atoms with Crippen LogP contribution < -0.4 is 0 Å². The zero-order valence-electron chi connectivity index (χ0n) is 10.2. The topological polar surface area (TPSA) is 31.0 Å². The summed E-state index contributed by atoms with van der Waals surface area (Å²) in [4.78, 5) is 0. The number of allylic oxidation sites excluding steroid dienone is 1. The van der Waals surface area contributed by atoms with Gasteiger partial charge in [-0.05, 0) is 18.6 Å². The first-order valence-corrected chi connectivity index (χ1v) is 5.58. The molecule has 3 nitrogen and oxygen atoms in total. The highest BCUT2D eigenvalue weighted by molar-refractivity contribution is 5.93. The Balaban J connectivity index is 2.79. The fraction of sp³-hybridized carbons (Fsp3) is 0.214. The van der Waals surface area contributed by atoms with Crippen LogP contribution in [-0.4, -0.2) is 22.6 Å². The zero-order valence-corrected chi connectivity index (χ0v) is 10.2. The van der Waals surface area contributed by atoms with Crippen molar-refractivity contribution in [2.75, 3.05) is 7.05 Å². The Hall–Kier alpha value is -2.03. The summed E-state index contributed by atoms with van der Waals surface area (Å²) in [5.41, 5.74) is 3.21. The Labute approximate surface area is 101 Å². The molecule has 17 heavy (non-hydrogen) atoms. The van der Waals surface area contributed by atoms with Crippen molar-refractivity contribution in [3.8, 4) is 0 Å². The molecule has 1 aromatic heterocycles. The van der Waals surface area contributed by atoms with Crippen LogP contribution in [0, 0.1) is 12.1 Å². The van der Waals surface area contributed by atoms with Crippen LogP contribution in [-0.2, 0) is 6.54 Å². The highest BCUT2D eigenvalue weighted by atomic mass is 16.5. The Morgan fingerprint density at radius 3 is 2.76 bits per heavy atom. The fourth-order valence-corrected chi connectivity index (χ4v) is 2.16. The van der Waals surface area contributed by atoms with E-state index in [1.165, 1.54) is 12.4 Å². The molecule has 0 unspecified atom stereocenters. The third kappa shape index (κ3) is 1.96. The van der Waals surface area contributed by atoms with Gasteiger partial charge in [-0.3, -0.25) is 0 Å². The van der Waals surface area contributed by atoms with Crippen LogP contribution in [0.3, 0.4) is 0 Å². The highest BCUT2D eigenvalue weighted by Crippen LogP contribution is 2.24. The van der Waals surface area contributed by atoms with Crippen LogP contribution in [0.15, 0.2) is 36.9 Å². The predicted molar refractivity (Wildman–Crippen MR) is 71.6 cm³/mol. The van der Waals surface area contributed by atoms with E-state index in [9.17, 15) is 5.21 Å². The summed E-state index contributed by atoms with van der Waals surface area (Å²) in [7, 11) is 1.50. The summed E-state index contributed by atoms with van der Waals surface area (Å²) in [6, 6.07) is 8.16. The summed E-state index contributed by atoms with van der Waals surface area (Å²) in [6.07, 6.45) is 3.45. The van der Waals surface area contributed by atoms with Crippen molar-refractivity contribution in [2.45, 2.75) is 13.5 Å². The second-order valence-corrected chi connectivity index (χ2v) is 4.10. The lowest BCUT2D eigenvalue weighted by Gasteiger charge is -2.04. The summed E-state index contributed by atoms with van der Waals surface area (Å²) < 4.78 is 2.94. The largest absolute Gasteiger partial charge is 0.624 e. The number of hydrogen-bond donors (Lipinski definition) is 0. The van der Waals surface area contributed by atoms with Crippen molar-refractivity contribution in [1.82, 2.24) is 4.57 Å². The third-order valence-corrected chi connectivity index (χ3v) is 2.89. The number of para-hydroxylation sites is 1. The van der Waals surface area contributed by atoms with Crippen molar-refractivity contribution in [3.63, 3.8) is 0 Å². The first-order valence-electron chi connectivity index (χ1n) is 5.58. The van der Waals surface area contributed by atoms with Crippen LogP contribution in [0.2, 0.25) is 0 Å². The molecule has 0 aliphatic carbocycles. The maximum Gasteiger partial charge on any atom is 0.198 e. The van der Waals surface area contributed by atoms with E-state index in [0.717, 1.165) is 21.5 Å². The molecule has 0 aliphatic heterocycles. The van der Waals surface area contributed by atoms with E-state index in [1.807, 2.05) is 25.1 Å². The lowest BCUT2D eigenvalue weighted by atomic mass is 10.1. The van der Waals surface area contributed by atoms with E-state index < -0.39 is 0 Å². The number of benzene rings is 1. The Morgan fingerprint density at radius 2 is 2.12 bits per heavy atom. The molecule has 1 aromatic carbocycles. The van der Waals surface area contributed by atoms with Crippen molar-refractivity contribution >= 4 is 17.1 Å². The van der Waals surface area contributed by atoms with E-state index in [4.69, 9.17) is 0 Å².